The van der Waals surface area contributed by atoms with Crippen molar-refractivity contribution >= 4 is 39.9 Å². The fourth-order valence-electron chi connectivity index (χ4n) is 3.36. The minimum Gasteiger partial charge on any atom is -0.497 e. The minimum atomic E-state index is -0.0337. The van der Waals surface area contributed by atoms with Crippen LogP contribution >= 0.6 is 11.6 Å². The van der Waals surface area contributed by atoms with Gasteiger partial charge in [-0.15, -0.1) is 0 Å². The van der Waals surface area contributed by atoms with Crippen LogP contribution in [-0.4, -0.2) is 53.8 Å². The molecular weight excluding hydrogens is 380 g/mol. The highest BCUT2D eigenvalue weighted by Crippen LogP contribution is 2.33. The van der Waals surface area contributed by atoms with Crippen molar-refractivity contribution in [3.8, 4) is 5.75 Å². The van der Waals surface area contributed by atoms with E-state index in [2.05, 4.69) is 10.3 Å². The summed E-state index contributed by atoms with van der Waals surface area (Å²) in [5.74, 6) is 1.29. The number of morpholine rings is 1. The molecule has 1 fully saturated rings. The van der Waals surface area contributed by atoms with Gasteiger partial charge in [0.25, 0.3) is 5.91 Å². The second kappa shape index (κ2) is 7.69. The lowest BCUT2D eigenvalue weighted by molar-refractivity contribution is 0.0303. The van der Waals surface area contributed by atoms with E-state index >= 15 is 0 Å². The smallest absolute Gasteiger partial charge is 0.257 e. The number of carbonyl (C=O) groups is 1. The lowest BCUT2D eigenvalue weighted by atomic mass is 10.1. The maximum absolute atomic E-state index is 13.0. The Morgan fingerprint density at radius 1 is 1.29 bits per heavy atom. The van der Waals surface area contributed by atoms with Crippen molar-refractivity contribution in [1.82, 2.24) is 14.5 Å². The summed E-state index contributed by atoms with van der Waals surface area (Å²) in [5, 5.41) is 4.67. The molecule has 0 bridgehead atoms. The number of hydrogen-bond acceptors (Lipinski definition) is 5. The summed E-state index contributed by atoms with van der Waals surface area (Å²) in [4.78, 5) is 19.4. The van der Waals surface area contributed by atoms with Crippen molar-refractivity contribution in [2.45, 2.75) is 0 Å². The lowest BCUT2D eigenvalue weighted by Gasteiger charge is -2.27. The molecule has 1 saturated heterocycles. The highest BCUT2D eigenvalue weighted by atomic mass is 35.5. The number of amides is 1. The third kappa shape index (κ3) is 3.39. The van der Waals surface area contributed by atoms with Gasteiger partial charge < -0.3 is 24.3 Å². The van der Waals surface area contributed by atoms with Gasteiger partial charge in [0.1, 0.15) is 11.6 Å². The molecule has 8 heteroatoms. The Bertz CT molecular complexity index is 1030. The zero-order valence-corrected chi connectivity index (χ0v) is 16.5. The summed E-state index contributed by atoms with van der Waals surface area (Å²) in [5.41, 5.74) is 2.09. The average Bonchev–Trinajstić information content (AvgIpc) is 3.12. The van der Waals surface area contributed by atoms with Crippen molar-refractivity contribution in [3.63, 3.8) is 0 Å². The molecular formula is C20H21ClN4O3. The molecule has 0 atom stereocenters. The molecule has 0 unspecified atom stereocenters. The first kappa shape index (κ1) is 18.6. The van der Waals surface area contributed by atoms with Crippen LogP contribution < -0.4 is 10.1 Å². The molecule has 7 nitrogen and oxygen atoms in total. The molecule has 1 aliphatic heterocycles. The Kier molecular flexibility index (Phi) is 5.11. The summed E-state index contributed by atoms with van der Waals surface area (Å²) in [6, 6.07) is 7.31. The number of methoxy groups -OCH3 is 1. The molecule has 0 radical (unpaired) electrons. The number of anilines is 2. The summed E-state index contributed by atoms with van der Waals surface area (Å²) in [6.07, 6.45) is 3.54. The van der Waals surface area contributed by atoms with Gasteiger partial charge in [-0.05, 0) is 18.2 Å². The van der Waals surface area contributed by atoms with Crippen LogP contribution in [0.2, 0.25) is 5.02 Å². The Balaban J connectivity index is 1.73. The third-order valence-electron chi connectivity index (χ3n) is 4.86. The number of carbonyl (C=O) groups excluding carboxylic acids is 1. The molecule has 28 heavy (non-hydrogen) atoms. The summed E-state index contributed by atoms with van der Waals surface area (Å²) < 4.78 is 12.6. The molecule has 0 saturated carbocycles. The molecule has 0 spiro atoms. The number of ether oxygens (including phenoxy) is 2. The molecule has 1 aliphatic rings. The van der Waals surface area contributed by atoms with Crippen LogP contribution in [0.4, 0.5) is 11.5 Å². The van der Waals surface area contributed by atoms with Crippen molar-refractivity contribution < 1.29 is 14.3 Å². The lowest BCUT2D eigenvalue weighted by Crippen LogP contribution is -2.40. The van der Waals surface area contributed by atoms with Crippen LogP contribution in [0.15, 0.2) is 36.7 Å². The normalized spacial score (nSPS) is 14.3. The van der Waals surface area contributed by atoms with Gasteiger partial charge in [0.15, 0.2) is 0 Å². The maximum atomic E-state index is 13.0. The number of pyridine rings is 1. The summed E-state index contributed by atoms with van der Waals surface area (Å²) in [6.45, 7) is 2.29. The second-order valence-electron chi connectivity index (χ2n) is 6.58. The number of benzene rings is 1. The van der Waals surface area contributed by atoms with E-state index in [1.54, 1.807) is 30.3 Å². The molecule has 146 valence electrons. The standard InChI is InChI=1S/C20H21ClN4O3/c1-24-6-5-14-18(24)15(20(26)25-7-9-28-10-8-25)12-22-19(14)23-17-11-13(27-2)3-4-16(17)21/h3-6,11-12H,7-10H2,1-2H3,(H,22,23). The number of halogens is 1. The molecule has 1 N–H and O–H groups in total. The van der Waals surface area contributed by atoms with Crippen LogP contribution in [0.5, 0.6) is 5.75 Å². The summed E-state index contributed by atoms with van der Waals surface area (Å²) >= 11 is 6.32. The fourth-order valence-corrected chi connectivity index (χ4v) is 3.53. The molecule has 2 aromatic heterocycles. The van der Waals surface area contributed by atoms with E-state index in [9.17, 15) is 4.79 Å². The Labute approximate surface area is 167 Å². The van der Waals surface area contributed by atoms with Crippen molar-refractivity contribution in [2.24, 2.45) is 7.05 Å². The van der Waals surface area contributed by atoms with Gasteiger partial charge >= 0.3 is 0 Å². The number of nitrogens with one attached hydrogen (secondary N) is 1. The maximum Gasteiger partial charge on any atom is 0.257 e. The Morgan fingerprint density at radius 2 is 2.07 bits per heavy atom. The topological polar surface area (TPSA) is 68.6 Å². The van der Waals surface area contributed by atoms with Crippen molar-refractivity contribution in [1.29, 1.82) is 0 Å². The van der Waals surface area contributed by atoms with E-state index in [0.717, 1.165) is 10.9 Å². The molecule has 0 aliphatic carbocycles. The van der Waals surface area contributed by atoms with Crippen molar-refractivity contribution in [3.05, 3.63) is 47.2 Å². The number of rotatable bonds is 4. The SMILES string of the molecule is COc1ccc(Cl)c(Nc2ncc(C(=O)N3CCOCC3)c3c2ccn3C)c1. The molecule has 1 aromatic carbocycles. The van der Waals surface area contributed by atoms with Crippen LogP contribution in [0.1, 0.15) is 10.4 Å². The van der Waals surface area contributed by atoms with Crippen LogP contribution in [-0.2, 0) is 11.8 Å². The first-order chi connectivity index (χ1) is 13.6. The van der Waals surface area contributed by atoms with Gasteiger partial charge in [-0.1, -0.05) is 11.6 Å². The number of fused-ring (bicyclic) bond motifs is 1. The Morgan fingerprint density at radius 3 is 2.82 bits per heavy atom. The van der Waals surface area contributed by atoms with Gasteiger partial charge in [-0.2, -0.15) is 0 Å². The predicted octanol–water partition coefficient (Wildman–Crippen LogP) is 3.45. The third-order valence-corrected chi connectivity index (χ3v) is 5.19. The number of nitrogens with zero attached hydrogens (tertiary/aromatic N) is 3. The van der Waals surface area contributed by atoms with E-state index in [4.69, 9.17) is 21.1 Å². The van der Waals surface area contributed by atoms with E-state index in [-0.39, 0.29) is 5.91 Å². The predicted molar refractivity (Wildman–Crippen MR) is 109 cm³/mol. The average molecular weight is 401 g/mol. The largest absolute Gasteiger partial charge is 0.497 e. The summed E-state index contributed by atoms with van der Waals surface area (Å²) in [7, 11) is 3.52. The van der Waals surface area contributed by atoms with Crippen molar-refractivity contribution in [2.75, 3.05) is 38.7 Å². The quantitative estimate of drug-likeness (QED) is 0.726. The highest BCUT2D eigenvalue weighted by Gasteiger charge is 2.23. The van der Waals surface area contributed by atoms with Crippen LogP contribution in [0.3, 0.4) is 0 Å². The second-order valence-corrected chi connectivity index (χ2v) is 6.99. The first-order valence-corrected chi connectivity index (χ1v) is 9.38. The van der Waals surface area contributed by atoms with Crippen LogP contribution in [0, 0.1) is 0 Å². The van der Waals surface area contributed by atoms with E-state index in [0.29, 0.717) is 54.1 Å². The van der Waals surface area contributed by atoms with Gasteiger partial charge in [-0.25, -0.2) is 4.98 Å². The fraction of sp³-hybridized carbons (Fsp3) is 0.300. The van der Waals surface area contributed by atoms with Gasteiger partial charge in [-0.3, -0.25) is 4.79 Å². The minimum absolute atomic E-state index is 0.0337. The van der Waals surface area contributed by atoms with Crippen LogP contribution in [0.25, 0.3) is 10.9 Å². The monoisotopic (exact) mass is 400 g/mol. The highest BCUT2D eigenvalue weighted by molar-refractivity contribution is 6.33. The molecule has 4 rings (SSSR count). The molecule has 3 aromatic rings. The van der Waals surface area contributed by atoms with E-state index in [1.165, 1.54) is 0 Å². The van der Waals surface area contributed by atoms with E-state index < -0.39 is 0 Å². The number of hydrogen-bond donors (Lipinski definition) is 1. The number of aromatic nitrogens is 2. The Hall–Kier alpha value is -2.77. The number of aryl methyl sites for hydroxylation is 1. The zero-order valence-electron chi connectivity index (χ0n) is 15.7. The first-order valence-electron chi connectivity index (χ1n) is 9.00. The zero-order chi connectivity index (χ0) is 19.7. The van der Waals surface area contributed by atoms with Gasteiger partial charge in [0.2, 0.25) is 0 Å². The van der Waals surface area contributed by atoms with Gasteiger partial charge in [0.05, 0.1) is 42.1 Å². The molecule has 3 heterocycles. The van der Waals surface area contributed by atoms with Gasteiger partial charge in [0, 0.05) is 44.0 Å². The van der Waals surface area contributed by atoms with E-state index in [1.807, 2.05) is 29.9 Å². The molecule has 1 amide bonds.